The summed E-state index contributed by atoms with van der Waals surface area (Å²) in [5.41, 5.74) is 7.02. The Labute approximate surface area is 147 Å². The van der Waals surface area contributed by atoms with Gasteiger partial charge in [0.15, 0.2) is 0 Å². The largest absolute Gasteiger partial charge is 0.378 e. The van der Waals surface area contributed by atoms with Gasteiger partial charge >= 0.3 is 0 Å². The highest BCUT2D eigenvalue weighted by Crippen LogP contribution is 2.36. The van der Waals surface area contributed by atoms with Crippen molar-refractivity contribution in [2.24, 2.45) is 0 Å². The second-order valence-electron chi connectivity index (χ2n) is 6.85. The molecule has 24 heavy (non-hydrogen) atoms. The van der Waals surface area contributed by atoms with Crippen LogP contribution in [-0.2, 0) is 0 Å². The van der Waals surface area contributed by atoms with Gasteiger partial charge in [0.1, 0.15) is 4.88 Å². The zero-order chi connectivity index (χ0) is 17.3. The predicted octanol–water partition coefficient (Wildman–Crippen LogP) is 4.74. The molecule has 128 valence electrons. The topological polar surface area (TPSA) is 45.2 Å². The maximum atomic E-state index is 12.8. The third-order valence-electron chi connectivity index (χ3n) is 4.82. The second-order valence-corrected chi connectivity index (χ2v) is 7.71. The lowest BCUT2D eigenvalue weighted by atomic mass is 10.0. The fourth-order valence-corrected chi connectivity index (χ4v) is 4.25. The Morgan fingerprint density at radius 1 is 1.21 bits per heavy atom. The Morgan fingerprint density at radius 3 is 2.42 bits per heavy atom. The number of carbonyl (C=O) groups excluding carboxylic acids is 1. The van der Waals surface area contributed by atoms with Crippen LogP contribution in [0, 0.1) is 13.8 Å². The molecule has 1 heterocycles. The zero-order valence-electron chi connectivity index (χ0n) is 14.8. The third-order valence-corrected chi connectivity index (χ3v) is 5.66. The minimum absolute atomic E-state index is 0.0248. The van der Waals surface area contributed by atoms with Gasteiger partial charge in [-0.15, -0.1) is 11.3 Å². The molecule has 1 fully saturated rings. The van der Waals surface area contributed by atoms with Gasteiger partial charge in [-0.3, -0.25) is 4.79 Å². The summed E-state index contributed by atoms with van der Waals surface area (Å²) >= 11 is 1.45. The van der Waals surface area contributed by atoms with Crippen molar-refractivity contribution in [3.8, 4) is 0 Å². The molecule has 0 spiro atoms. The first-order valence-corrected chi connectivity index (χ1v) is 9.38. The molecule has 0 unspecified atom stereocenters. The number of amides is 1. The van der Waals surface area contributed by atoms with Crippen LogP contribution < -0.4 is 10.2 Å². The van der Waals surface area contributed by atoms with E-state index in [9.17, 15) is 4.79 Å². The number of aromatic nitrogens is 1. The van der Waals surface area contributed by atoms with Gasteiger partial charge in [0.25, 0.3) is 5.91 Å². The van der Waals surface area contributed by atoms with Crippen molar-refractivity contribution in [3.05, 3.63) is 39.3 Å². The highest BCUT2D eigenvalue weighted by Gasteiger charge is 2.25. The van der Waals surface area contributed by atoms with E-state index in [1.54, 1.807) is 5.51 Å². The highest BCUT2D eigenvalue weighted by molar-refractivity contribution is 7.12. The lowest BCUT2D eigenvalue weighted by molar-refractivity contribution is 0.102. The first kappa shape index (κ1) is 17.0. The van der Waals surface area contributed by atoms with Gasteiger partial charge in [0.05, 0.1) is 11.2 Å². The van der Waals surface area contributed by atoms with E-state index in [4.69, 9.17) is 0 Å². The first-order chi connectivity index (χ1) is 11.5. The van der Waals surface area contributed by atoms with E-state index in [-0.39, 0.29) is 5.91 Å². The van der Waals surface area contributed by atoms with Crippen molar-refractivity contribution >= 4 is 28.6 Å². The van der Waals surface area contributed by atoms with Crippen molar-refractivity contribution < 1.29 is 4.79 Å². The average Bonchev–Trinajstić information content (AvgIpc) is 3.20. The van der Waals surface area contributed by atoms with E-state index in [2.05, 4.69) is 27.3 Å². The van der Waals surface area contributed by atoms with E-state index >= 15 is 0 Å². The lowest BCUT2D eigenvalue weighted by Crippen LogP contribution is -2.16. The summed E-state index contributed by atoms with van der Waals surface area (Å²) in [6.45, 7) is 4.08. The normalized spacial score (nSPS) is 14.8. The van der Waals surface area contributed by atoms with Gasteiger partial charge in [-0.2, -0.15) is 0 Å². The molecule has 1 aromatic carbocycles. The predicted molar refractivity (Wildman–Crippen MR) is 102 cm³/mol. The van der Waals surface area contributed by atoms with Crippen LogP contribution in [0.5, 0.6) is 0 Å². The molecule has 1 N–H and O–H groups in total. The van der Waals surface area contributed by atoms with Gasteiger partial charge in [0, 0.05) is 31.4 Å². The molecule has 1 amide bonds. The van der Waals surface area contributed by atoms with Crippen LogP contribution in [0.1, 0.15) is 58.1 Å². The van der Waals surface area contributed by atoms with Gasteiger partial charge < -0.3 is 10.2 Å². The minimum Gasteiger partial charge on any atom is -0.378 e. The summed E-state index contributed by atoms with van der Waals surface area (Å²) in [6, 6.07) is 4.21. The number of hydrogen-bond acceptors (Lipinski definition) is 4. The van der Waals surface area contributed by atoms with Crippen molar-refractivity contribution in [2.45, 2.75) is 45.4 Å². The van der Waals surface area contributed by atoms with Gasteiger partial charge in [0.2, 0.25) is 0 Å². The summed E-state index contributed by atoms with van der Waals surface area (Å²) in [5.74, 6) is 0.429. The first-order valence-electron chi connectivity index (χ1n) is 8.50. The molecule has 1 aliphatic rings. The van der Waals surface area contributed by atoms with Crippen molar-refractivity contribution in [1.29, 1.82) is 0 Å². The van der Waals surface area contributed by atoms with Crippen LogP contribution in [0.25, 0.3) is 0 Å². The van der Waals surface area contributed by atoms with E-state index in [1.165, 1.54) is 24.2 Å². The Kier molecular flexibility index (Phi) is 4.90. The van der Waals surface area contributed by atoms with E-state index in [0.29, 0.717) is 5.92 Å². The van der Waals surface area contributed by atoms with Crippen LogP contribution in [0.15, 0.2) is 17.6 Å². The number of rotatable bonds is 4. The monoisotopic (exact) mass is 343 g/mol. The van der Waals surface area contributed by atoms with Gasteiger partial charge in [-0.25, -0.2) is 4.98 Å². The number of nitrogens with zero attached hydrogens (tertiary/aromatic N) is 2. The van der Waals surface area contributed by atoms with Crippen molar-refractivity contribution in [1.82, 2.24) is 4.98 Å². The number of carbonyl (C=O) groups is 1. The Morgan fingerprint density at radius 2 is 1.83 bits per heavy atom. The third kappa shape index (κ3) is 3.31. The highest BCUT2D eigenvalue weighted by atomic mass is 32.1. The van der Waals surface area contributed by atoms with Crippen LogP contribution in [0.3, 0.4) is 0 Å². The molecule has 1 aliphatic carbocycles. The second kappa shape index (κ2) is 6.93. The molecule has 5 heteroatoms. The van der Waals surface area contributed by atoms with Crippen molar-refractivity contribution in [3.63, 3.8) is 0 Å². The fourth-order valence-electron chi connectivity index (χ4n) is 3.48. The molecule has 0 radical (unpaired) electrons. The maximum absolute atomic E-state index is 12.8. The smallest absolute Gasteiger partial charge is 0.267 e. The molecule has 4 nitrogen and oxygen atoms in total. The number of benzene rings is 1. The SMILES string of the molecule is Cc1cc(N(C)C)cc(C)c1NC(=O)c1scnc1C1CCCC1. The minimum atomic E-state index is -0.0248. The van der Waals surface area contributed by atoms with Gasteiger partial charge in [-0.1, -0.05) is 12.8 Å². The van der Waals surface area contributed by atoms with E-state index < -0.39 is 0 Å². The van der Waals surface area contributed by atoms with Crippen molar-refractivity contribution in [2.75, 3.05) is 24.3 Å². The summed E-state index contributed by atoms with van der Waals surface area (Å²) in [6.07, 6.45) is 4.79. The van der Waals surface area contributed by atoms with Crippen LogP contribution >= 0.6 is 11.3 Å². The molecular weight excluding hydrogens is 318 g/mol. The van der Waals surface area contributed by atoms with Gasteiger partial charge in [-0.05, 0) is 49.9 Å². The summed E-state index contributed by atoms with van der Waals surface area (Å²) < 4.78 is 0. The number of thiazole rings is 1. The summed E-state index contributed by atoms with van der Waals surface area (Å²) in [5, 5.41) is 3.12. The number of hydrogen-bond donors (Lipinski definition) is 1. The maximum Gasteiger partial charge on any atom is 0.267 e. The molecule has 1 saturated carbocycles. The number of aryl methyl sites for hydroxylation is 2. The Hall–Kier alpha value is -1.88. The molecule has 3 rings (SSSR count). The molecule has 0 atom stereocenters. The van der Waals surface area contributed by atoms with E-state index in [0.717, 1.165) is 45.9 Å². The summed E-state index contributed by atoms with van der Waals surface area (Å²) in [7, 11) is 4.05. The Balaban J connectivity index is 1.84. The fraction of sp³-hybridized carbons (Fsp3) is 0.474. The molecule has 0 bridgehead atoms. The Bertz CT molecular complexity index is 722. The standard InChI is InChI=1S/C19H25N3OS/c1-12-9-15(22(3)4)10-13(2)16(12)21-19(23)18-17(20-11-24-18)14-7-5-6-8-14/h9-11,14H,5-8H2,1-4H3,(H,21,23). The van der Waals surface area contributed by atoms with Crippen LogP contribution in [0.4, 0.5) is 11.4 Å². The van der Waals surface area contributed by atoms with Crippen LogP contribution in [-0.4, -0.2) is 25.0 Å². The number of anilines is 2. The quantitative estimate of drug-likeness (QED) is 0.872. The molecule has 2 aromatic rings. The summed E-state index contributed by atoms with van der Waals surface area (Å²) in [4.78, 5) is 20.2. The zero-order valence-corrected chi connectivity index (χ0v) is 15.7. The molecule has 1 aromatic heterocycles. The molecular formula is C19H25N3OS. The number of nitrogens with one attached hydrogen (secondary N) is 1. The van der Waals surface area contributed by atoms with E-state index in [1.807, 2.05) is 27.9 Å². The lowest BCUT2D eigenvalue weighted by Gasteiger charge is -2.18. The average molecular weight is 343 g/mol. The molecule has 0 aliphatic heterocycles. The van der Waals surface area contributed by atoms with Crippen LogP contribution in [0.2, 0.25) is 0 Å². The molecule has 0 saturated heterocycles.